The van der Waals surface area contributed by atoms with Crippen LogP contribution in [0.5, 0.6) is 0 Å². The predicted octanol–water partition coefficient (Wildman–Crippen LogP) is 25.0. The average molecular weight is 1380 g/mol. The van der Waals surface area contributed by atoms with Crippen molar-refractivity contribution in [1.29, 1.82) is 0 Å². The zero-order valence-corrected chi connectivity index (χ0v) is 58.2. The molecule has 502 valence electrons. The zero-order chi connectivity index (χ0) is 70.9. The molecule has 0 N–H and O–H groups in total. The molecule has 22 aromatic rings. The van der Waals surface area contributed by atoms with Gasteiger partial charge in [0, 0.05) is 99.2 Å². The van der Waals surface area contributed by atoms with Crippen molar-refractivity contribution < 1.29 is 0 Å². The molecule has 0 aliphatic rings. The molecule has 0 bridgehead atoms. The standard InChI is InChI=1S/C99H61N9/c1-5-24-64(25-6-1)96-100-84(61-85(101-96)76-40-22-31-68-59-72(50-52-74(68)76)105-88-44-19-15-38-82(88)92-90(105)56-54-79-77-36-13-17-42-86(77)107(94(79)92)70-33-11-4-12-34-70)63-48-46-62(47-49-63)67-30-21-35-71(58-67)108-87-43-18-14-37-78(87)80-55-57-91-93(95(80)108)83-39-16-20-45-89(83)106(91)73-51-53-75-69(60-73)32-23-41-81(75)99-103-97(65-26-7-2-8-27-65)102-98(104-99)66-28-9-3-10-29-66/h1-61H. The second-order valence-corrected chi connectivity index (χ2v) is 27.9. The van der Waals surface area contributed by atoms with Gasteiger partial charge in [0.25, 0.3) is 0 Å². The normalized spacial score (nSPS) is 11.9. The van der Waals surface area contributed by atoms with Gasteiger partial charge in [0.15, 0.2) is 23.3 Å². The highest BCUT2D eigenvalue weighted by molar-refractivity contribution is 6.28. The van der Waals surface area contributed by atoms with Crippen molar-refractivity contribution in [1.82, 2.24) is 43.2 Å². The fraction of sp³-hybridized carbons (Fsp3) is 0. The Morgan fingerprint density at radius 1 is 0.176 bits per heavy atom. The Bertz CT molecular complexity index is 7340. The number of nitrogens with zero attached hydrogens (tertiary/aromatic N) is 9. The van der Waals surface area contributed by atoms with E-state index >= 15 is 0 Å². The number of rotatable bonds is 11. The molecular formula is C99H61N9. The van der Waals surface area contributed by atoms with E-state index < -0.39 is 0 Å². The maximum atomic E-state index is 5.39. The molecule has 9 nitrogen and oxygen atoms in total. The van der Waals surface area contributed by atoms with Crippen LogP contribution < -0.4 is 0 Å². The Hall–Kier alpha value is -14.7. The molecule has 0 amide bonds. The molecular weight excluding hydrogens is 1320 g/mol. The first-order valence-electron chi connectivity index (χ1n) is 36.6. The Labute approximate surface area is 620 Å². The molecule has 0 fully saturated rings. The Morgan fingerprint density at radius 2 is 0.556 bits per heavy atom. The summed E-state index contributed by atoms with van der Waals surface area (Å²) in [5.41, 5.74) is 23.3. The summed E-state index contributed by atoms with van der Waals surface area (Å²) in [5, 5.41) is 14.0. The Morgan fingerprint density at radius 3 is 1.09 bits per heavy atom. The number of aromatic nitrogens is 9. The van der Waals surface area contributed by atoms with Gasteiger partial charge in [-0.2, -0.15) is 0 Å². The zero-order valence-electron chi connectivity index (χ0n) is 58.2. The van der Waals surface area contributed by atoms with Crippen molar-refractivity contribution in [3.8, 4) is 102 Å². The van der Waals surface area contributed by atoms with E-state index in [1.54, 1.807) is 0 Å². The lowest BCUT2D eigenvalue weighted by Gasteiger charge is -2.14. The average Bonchev–Trinajstić information content (AvgIpc) is 1.55. The molecule has 0 saturated heterocycles. The molecule has 6 heterocycles. The smallest absolute Gasteiger partial charge is 0.164 e. The van der Waals surface area contributed by atoms with Gasteiger partial charge in [-0.15, -0.1) is 0 Å². The van der Waals surface area contributed by atoms with E-state index in [4.69, 9.17) is 24.9 Å². The second-order valence-electron chi connectivity index (χ2n) is 27.9. The van der Waals surface area contributed by atoms with Gasteiger partial charge in [-0.05, 0) is 124 Å². The van der Waals surface area contributed by atoms with Crippen molar-refractivity contribution in [3.05, 3.63) is 370 Å². The van der Waals surface area contributed by atoms with Crippen molar-refractivity contribution >= 4 is 109 Å². The molecule has 22 rings (SSSR count). The lowest BCUT2D eigenvalue weighted by atomic mass is 9.98. The minimum atomic E-state index is 0.625. The van der Waals surface area contributed by atoms with E-state index in [0.717, 1.165) is 133 Å². The number of hydrogen-bond acceptors (Lipinski definition) is 5. The molecule has 0 atom stereocenters. The number of fused-ring (bicyclic) bond motifs is 16. The van der Waals surface area contributed by atoms with Gasteiger partial charge < -0.3 is 18.3 Å². The van der Waals surface area contributed by atoms with Crippen LogP contribution in [0.25, 0.3) is 211 Å². The van der Waals surface area contributed by atoms with Crippen LogP contribution in [-0.2, 0) is 0 Å². The minimum Gasteiger partial charge on any atom is -0.309 e. The molecule has 16 aromatic carbocycles. The Kier molecular flexibility index (Phi) is 13.8. The van der Waals surface area contributed by atoms with Gasteiger partial charge in [0.05, 0.1) is 55.5 Å². The maximum Gasteiger partial charge on any atom is 0.164 e. The third kappa shape index (κ3) is 9.69. The van der Waals surface area contributed by atoms with Crippen LogP contribution in [0, 0.1) is 0 Å². The maximum absolute atomic E-state index is 5.39. The third-order valence-corrected chi connectivity index (χ3v) is 21.8. The lowest BCUT2D eigenvalue weighted by Crippen LogP contribution is -2.00. The van der Waals surface area contributed by atoms with Crippen LogP contribution >= 0.6 is 0 Å². The topological polar surface area (TPSA) is 84.2 Å². The monoisotopic (exact) mass is 1380 g/mol. The predicted molar refractivity (Wildman–Crippen MR) is 446 cm³/mol. The molecule has 0 aliphatic heterocycles. The van der Waals surface area contributed by atoms with E-state index in [2.05, 4.69) is 322 Å². The number of para-hydroxylation sites is 5. The van der Waals surface area contributed by atoms with Crippen LogP contribution in [0.4, 0.5) is 0 Å². The number of hydrogen-bond donors (Lipinski definition) is 0. The number of benzene rings is 16. The van der Waals surface area contributed by atoms with Crippen molar-refractivity contribution in [2.24, 2.45) is 0 Å². The van der Waals surface area contributed by atoms with Gasteiger partial charge in [-0.25, -0.2) is 24.9 Å². The van der Waals surface area contributed by atoms with Crippen molar-refractivity contribution in [3.63, 3.8) is 0 Å². The molecule has 0 aliphatic carbocycles. The summed E-state index contributed by atoms with van der Waals surface area (Å²) in [6, 6.07) is 133. The quantitative estimate of drug-likeness (QED) is 0.129. The van der Waals surface area contributed by atoms with E-state index in [-0.39, 0.29) is 0 Å². The SMILES string of the molecule is c1ccc(-c2nc(-c3ccc(-c4cccc(-n5c6ccccc6c6ccc7c(c8ccccc8n7-c7ccc8c(-c9nc(-c%10ccccc%10)nc(-c%10ccccc%10)n9)cccc8c7)c65)c4)cc3)cc(-c3cccc4cc(-n5c6ccccc6c6c5ccc5c7ccccc7n(-c7ccccc7)c56)ccc34)n2)cc1. The summed E-state index contributed by atoms with van der Waals surface area (Å²) < 4.78 is 9.79. The van der Waals surface area contributed by atoms with Crippen LogP contribution in [0.1, 0.15) is 0 Å². The highest BCUT2D eigenvalue weighted by Crippen LogP contribution is 2.46. The fourth-order valence-electron chi connectivity index (χ4n) is 17.0. The molecule has 0 saturated carbocycles. The summed E-state index contributed by atoms with van der Waals surface area (Å²) in [4.78, 5) is 26.0. The molecule has 0 radical (unpaired) electrons. The summed E-state index contributed by atoms with van der Waals surface area (Å²) in [5.74, 6) is 2.56. The van der Waals surface area contributed by atoms with Gasteiger partial charge in [0.2, 0.25) is 0 Å². The summed E-state index contributed by atoms with van der Waals surface area (Å²) in [7, 11) is 0. The highest BCUT2D eigenvalue weighted by Gasteiger charge is 2.25. The highest BCUT2D eigenvalue weighted by atomic mass is 15.0. The third-order valence-electron chi connectivity index (χ3n) is 21.8. The van der Waals surface area contributed by atoms with Crippen LogP contribution in [0.3, 0.4) is 0 Å². The molecule has 9 heteroatoms. The summed E-state index contributed by atoms with van der Waals surface area (Å²) >= 11 is 0. The van der Waals surface area contributed by atoms with E-state index in [9.17, 15) is 0 Å². The Balaban J connectivity index is 0.628. The van der Waals surface area contributed by atoms with Crippen molar-refractivity contribution in [2.45, 2.75) is 0 Å². The van der Waals surface area contributed by atoms with Gasteiger partial charge in [-0.1, -0.05) is 279 Å². The largest absolute Gasteiger partial charge is 0.309 e. The lowest BCUT2D eigenvalue weighted by molar-refractivity contribution is 1.08. The first kappa shape index (κ1) is 60.9. The van der Waals surface area contributed by atoms with Crippen molar-refractivity contribution in [2.75, 3.05) is 0 Å². The summed E-state index contributed by atoms with van der Waals surface area (Å²) in [6.45, 7) is 0. The van der Waals surface area contributed by atoms with E-state index in [1.165, 1.54) is 54.1 Å². The second kappa shape index (κ2) is 24.5. The van der Waals surface area contributed by atoms with Crippen LogP contribution in [0.2, 0.25) is 0 Å². The van der Waals surface area contributed by atoms with Gasteiger partial charge in [0.1, 0.15) is 0 Å². The summed E-state index contributed by atoms with van der Waals surface area (Å²) in [6.07, 6.45) is 0. The van der Waals surface area contributed by atoms with Crippen LogP contribution in [-0.4, -0.2) is 43.2 Å². The molecule has 6 aromatic heterocycles. The molecule has 0 unspecified atom stereocenters. The van der Waals surface area contributed by atoms with Crippen LogP contribution in [0.15, 0.2) is 370 Å². The van der Waals surface area contributed by atoms with Gasteiger partial charge >= 0.3 is 0 Å². The molecule has 108 heavy (non-hydrogen) atoms. The first-order chi connectivity index (χ1) is 53.6. The molecule has 0 spiro atoms. The first-order valence-corrected chi connectivity index (χ1v) is 36.6. The van der Waals surface area contributed by atoms with E-state index in [0.29, 0.717) is 23.3 Å². The van der Waals surface area contributed by atoms with E-state index in [1.807, 2.05) is 66.7 Å². The fourth-order valence-corrected chi connectivity index (χ4v) is 17.0. The van der Waals surface area contributed by atoms with Gasteiger partial charge in [-0.3, -0.25) is 0 Å². The minimum absolute atomic E-state index is 0.625.